The normalized spacial score (nSPS) is 17.2. The van der Waals surface area contributed by atoms with Gasteiger partial charge in [0.1, 0.15) is 29.6 Å². The lowest BCUT2D eigenvalue weighted by Crippen LogP contribution is -2.46. The van der Waals surface area contributed by atoms with Gasteiger partial charge in [0.05, 0.1) is 29.2 Å². The van der Waals surface area contributed by atoms with Crippen molar-refractivity contribution in [2.24, 2.45) is 0 Å². The van der Waals surface area contributed by atoms with Gasteiger partial charge in [-0.05, 0) is 121 Å². The van der Waals surface area contributed by atoms with E-state index in [1.54, 1.807) is 28.1 Å². The lowest BCUT2D eigenvalue weighted by Gasteiger charge is -2.39. The van der Waals surface area contributed by atoms with Crippen molar-refractivity contribution < 1.29 is 28.2 Å². The van der Waals surface area contributed by atoms with Gasteiger partial charge in [-0.2, -0.15) is 5.26 Å². The number of benzene rings is 2. The summed E-state index contributed by atoms with van der Waals surface area (Å²) in [5.74, 6) is 0.929. The van der Waals surface area contributed by atoms with E-state index in [0.717, 1.165) is 24.0 Å². The minimum Gasteiger partial charge on any atom is -0.490 e. The van der Waals surface area contributed by atoms with Crippen LogP contribution in [-0.2, 0) is 19.3 Å². The lowest BCUT2D eigenvalue weighted by atomic mass is 9.83. The number of nitrogens with one attached hydrogen (secondary N) is 1. The molecule has 0 radical (unpaired) electrons. The van der Waals surface area contributed by atoms with Crippen molar-refractivity contribution in [1.29, 1.82) is 5.26 Å². The standard InChI is InChI=1S/C43H60N6O6Si/c1-28-14-17-35(52-21-20-48(31-15-16-31)38(50)54-40(2,3)4)34(22-28)47-37-45-19-18-33(46-37)29-23-30(25-44)36-32(24-29)43(11,27-53-56(12,13)42(8,9)10)26-49(36)39(51)55-41(5,6)7/h14,17-19,22-24,31H,15-16,20-21,26-27H2,1-13H3,(H,45,46,47)/t43-/m1/s1. The molecular weight excluding hydrogens is 725 g/mol. The average molecular weight is 785 g/mol. The van der Waals surface area contributed by atoms with Gasteiger partial charge < -0.3 is 28.9 Å². The average Bonchev–Trinajstić information content (AvgIpc) is 3.87. The van der Waals surface area contributed by atoms with Crippen LogP contribution in [0.5, 0.6) is 5.75 Å². The first-order chi connectivity index (χ1) is 25.9. The Morgan fingerprint density at radius 2 is 1.70 bits per heavy atom. The zero-order chi connectivity index (χ0) is 41.4. The van der Waals surface area contributed by atoms with Crippen LogP contribution in [0.15, 0.2) is 42.6 Å². The van der Waals surface area contributed by atoms with Crippen molar-refractivity contribution in [3.8, 4) is 23.1 Å². The summed E-state index contributed by atoms with van der Waals surface area (Å²) in [5, 5.41) is 13.9. The highest BCUT2D eigenvalue weighted by atomic mass is 28.4. The summed E-state index contributed by atoms with van der Waals surface area (Å²) in [6.07, 6.45) is 2.74. The highest BCUT2D eigenvalue weighted by molar-refractivity contribution is 6.74. The number of aryl methyl sites for hydroxylation is 1. The van der Waals surface area contributed by atoms with Crippen molar-refractivity contribution >= 4 is 37.8 Å². The van der Waals surface area contributed by atoms with E-state index in [0.29, 0.717) is 59.6 Å². The summed E-state index contributed by atoms with van der Waals surface area (Å²) >= 11 is 0. The van der Waals surface area contributed by atoms with E-state index in [-0.39, 0.29) is 23.8 Å². The Morgan fingerprint density at radius 1 is 1.02 bits per heavy atom. The van der Waals surface area contributed by atoms with E-state index in [4.69, 9.17) is 23.6 Å². The number of nitriles is 1. The molecule has 12 nitrogen and oxygen atoms in total. The van der Waals surface area contributed by atoms with Crippen LogP contribution in [0.25, 0.3) is 11.3 Å². The molecule has 2 amide bonds. The predicted octanol–water partition coefficient (Wildman–Crippen LogP) is 9.88. The van der Waals surface area contributed by atoms with E-state index in [1.165, 1.54) is 0 Å². The molecular formula is C43H60N6O6Si. The van der Waals surface area contributed by atoms with Gasteiger partial charge in [0.2, 0.25) is 5.95 Å². The lowest BCUT2D eigenvalue weighted by molar-refractivity contribution is 0.0209. The van der Waals surface area contributed by atoms with Crippen LogP contribution in [0, 0.1) is 18.3 Å². The molecule has 1 saturated carbocycles. The number of ether oxygens (including phenoxy) is 3. The summed E-state index contributed by atoms with van der Waals surface area (Å²) in [6, 6.07) is 13.9. The molecule has 0 spiro atoms. The van der Waals surface area contributed by atoms with E-state index in [9.17, 15) is 14.9 Å². The molecule has 1 fully saturated rings. The Morgan fingerprint density at radius 3 is 2.30 bits per heavy atom. The van der Waals surface area contributed by atoms with Crippen LogP contribution in [-0.4, -0.2) is 78.9 Å². The van der Waals surface area contributed by atoms with Gasteiger partial charge in [-0.1, -0.05) is 33.8 Å². The summed E-state index contributed by atoms with van der Waals surface area (Å²) < 4.78 is 24.5. The van der Waals surface area contributed by atoms with Gasteiger partial charge in [0, 0.05) is 36.4 Å². The smallest absolute Gasteiger partial charge is 0.414 e. The van der Waals surface area contributed by atoms with Gasteiger partial charge in [-0.15, -0.1) is 0 Å². The molecule has 13 heteroatoms. The number of hydrogen-bond acceptors (Lipinski definition) is 10. The fourth-order valence-corrected chi connectivity index (χ4v) is 7.35. The monoisotopic (exact) mass is 784 g/mol. The summed E-state index contributed by atoms with van der Waals surface area (Å²) in [6.45, 7) is 27.5. The van der Waals surface area contributed by atoms with Crippen LogP contribution in [0.4, 0.5) is 26.9 Å². The van der Waals surface area contributed by atoms with E-state index in [2.05, 4.69) is 57.2 Å². The maximum absolute atomic E-state index is 13.7. The van der Waals surface area contributed by atoms with Crippen LogP contribution in [0.2, 0.25) is 18.1 Å². The van der Waals surface area contributed by atoms with Crippen molar-refractivity contribution in [2.45, 2.75) is 130 Å². The molecule has 56 heavy (non-hydrogen) atoms. The number of anilines is 3. The number of carbonyl (C=O) groups is 2. The number of nitrogens with zero attached hydrogens (tertiary/aromatic N) is 5. The minimum atomic E-state index is -2.17. The number of hydrogen-bond donors (Lipinski definition) is 1. The van der Waals surface area contributed by atoms with Crippen LogP contribution in [0.1, 0.15) is 98.8 Å². The van der Waals surface area contributed by atoms with E-state index in [1.807, 2.05) is 72.7 Å². The van der Waals surface area contributed by atoms with Crippen molar-refractivity contribution in [3.05, 3.63) is 59.3 Å². The molecule has 2 aromatic carbocycles. The number of carbonyl (C=O) groups excluding carboxylic acids is 2. The highest BCUT2D eigenvalue weighted by Gasteiger charge is 2.47. The molecule has 5 rings (SSSR count). The number of rotatable bonds is 11. The number of aromatic nitrogens is 2. The van der Waals surface area contributed by atoms with Crippen LogP contribution in [0.3, 0.4) is 0 Å². The molecule has 0 saturated heterocycles. The van der Waals surface area contributed by atoms with Gasteiger partial charge >= 0.3 is 12.2 Å². The molecule has 2 heterocycles. The van der Waals surface area contributed by atoms with Gasteiger partial charge in [0.15, 0.2) is 8.32 Å². The Labute approximate surface area is 334 Å². The molecule has 1 N–H and O–H groups in total. The molecule has 2 aliphatic rings. The molecule has 302 valence electrons. The first-order valence-corrected chi connectivity index (χ1v) is 22.4. The fraction of sp³-hybridized carbons (Fsp3) is 0.558. The molecule has 1 aromatic heterocycles. The molecule has 0 bridgehead atoms. The molecule has 0 unspecified atom stereocenters. The Kier molecular flexibility index (Phi) is 11.9. The highest BCUT2D eigenvalue weighted by Crippen LogP contribution is 2.47. The molecule has 1 atom stereocenters. The zero-order valence-electron chi connectivity index (χ0n) is 35.5. The third-order valence-electron chi connectivity index (χ3n) is 10.4. The SMILES string of the molecule is Cc1ccc(OCCN(C(=O)OC(C)(C)C)C2CC2)c(Nc2nccc(-c3cc(C#N)c4c(c3)[C@@](C)(CO[Si](C)(C)C(C)(C)C)CN4C(=O)OC(C)(C)C)n2)c1. The first kappa shape index (κ1) is 42.5. The Bertz CT molecular complexity index is 1990. The summed E-state index contributed by atoms with van der Waals surface area (Å²) in [4.78, 5) is 39.3. The second-order valence-corrected chi connectivity index (χ2v) is 23.7. The number of fused-ring (bicyclic) bond motifs is 1. The predicted molar refractivity (Wildman–Crippen MR) is 222 cm³/mol. The molecule has 3 aromatic rings. The minimum absolute atomic E-state index is 0.0150. The summed E-state index contributed by atoms with van der Waals surface area (Å²) in [5.41, 5.74) is 2.75. The quantitative estimate of drug-likeness (QED) is 0.187. The third kappa shape index (κ3) is 10.2. The summed E-state index contributed by atoms with van der Waals surface area (Å²) in [7, 11) is -2.17. The van der Waals surface area contributed by atoms with Crippen molar-refractivity contribution in [2.75, 3.05) is 36.5 Å². The van der Waals surface area contributed by atoms with E-state index >= 15 is 0 Å². The van der Waals surface area contributed by atoms with Crippen LogP contribution < -0.4 is 15.0 Å². The first-order valence-electron chi connectivity index (χ1n) is 19.5. The van der Waals surface area contributed by atoms with Gasteiger partial charge in [-0.25, -0.2) is 19.6 Å². The number of amides is 2. The topological polar surface area (TPSA) is 139 Å². The fourth-order valence-electron chi connectivity index (χ4n) is 6.24. The van der Waals surface area contributed by atoms with Crippen molar-refractivity contribution in [1.82, 2.24) is 14.9 Å². The zero-order valence-corrected chi connectivity index (χ0v) is 36.5. The third-order valence-corrected chi connectivity index (χ3v) is 14.8. The van der Waals surface area contributed by atoms with Crippen LogP contribution >= 0.6 is 0 Å². The largest absolute Gasteiger partial charge is 0.490 e. The Balaban J connectivity index is 1.44. The molecule has 1 aliphatic heterocycles. The molecule has 1 aliphatic carbocycles. The maximum atomic E-state index is 13.7. The maximum Gasteiger partial charge on any atom is 0.414 e. The second-order valence-electron chi connectivity index (χ2n) is 18.9. The van der Waals surface area contributed by atoms with Gasteiger partial charge in [-0.3, -0.25) is 4.90 Å². The Hall–Kier alpha value is -4.67. The van der Waals surface area contributed by atoms with E-state index < -0.39 is 31.0 Å². The van der Waals surface area contributed by atoms with Gasteiger partial charge in [0.25, 0.3) is 0 Å². The second kappa shape index (κ2) is 15.7. The van der Waals surface area contributed by atoms with Crippen molar-refractivity contribution in [3.63, 3.8) is 0 Å².